The summed E-state index contributed by atoms with van der Waals surface area (Å²) in [5, 5.41) is 37.7. The summed E-state index contributed by atoms with van der Waals surface area (Å²) in [5.41, 5.74) is 4.00. The molecule has 7 heteroatoms. The summed E-state index contributed by atoms with van der Waals surface area (Å²) in [6.07, 6.45) is -2.65. The first kappa shape index (κ1) is 17.4. The SMILES string of the molecule is COc1cccc(CCC(O)C(O)C(N)(CO)C(=O)O)c1. The maximum absolute atomic E-state index is 11.0. The van der Waals surface area contributed by atoms with Crippen molar-refractivity contribution in [1.82, 2.24) is 0 Å². The summed E-state index contributed by atoms with van der Waals surface area (Å²) >= 11 is 0. The molecule has 0 aliphatic heterocycles. The maximum Gasteiger partial charge on any atom is 0.328 e. The van der Waals surface area contributed by atoms with Crippen LogP contribution >= 0.6 is 0 Å². The lowest BCUT2D eigenvalue weighted by atomic mass is 9.88. The summed E-state index contributed by atoms with van der Waals surface area (Å²) in [6, 6.07) is 7.16. The lowest BCUT2D eigenvalue weighted by Gasteiger charge is -2.31. The largest absolute Gasteiger partial charge is 0.497 e. The molecule has 0 radical (unpaired) electrons. The zero-order valence-electron chi connectivity index (χ0n) is 11.8. The number of hydrogen-bond acceptors (Lipinski definition) is 6. The molecular formula is C14H21NO6. The number of rotatable bonds is 8. The Morgan fingerprint density at radius 2 is 2.10 bits per heavy atom. The van der Waals surface area contributed by atoms with Gasteiger partial charge in [-0.3, -0.25) is 4.79 Å². The van der Waals surface area contributed by atoms with E-state index in [1.54, 1.807) is 18.2 Å². The molecular weight excluding hydrogens is 278 g/mol. The highest BCUT2D eigenvalue weighted by atomic mass is 16.5. The van der Waals surface area contributed by atoms with Gasteiger partial charge in [-0.05, 0) is 30.5 Å². The van der Waals surface area contributed by atoms with E-state index >= 15 is 0 Å². The molecule has 0 saturated heterocycles. The topological polar surface area (TPSA) is 133 Å². The number of carboxylic acid groups (broad SMARTS) is 1. The number of nitrogens with two attached hydrogens (primary N) is 1. The van der Waals surface area contributed by atoms with Crippen LogP contribution in [-0.2, 0) is 11.2 Å². The monoisotopic (exact) mass is 299 g/mol. The average molecular weight is 299 g/mol. The summed E-state index contributed by atoms with van der Waals surface area (Å²) in [7, 11) is 1.54. The second-order valence-corrected chi connectivity index (χ2v) is 4.91. The summed E-state index contributed by atoms with van der Waals surface area (Å²) < 4.78 is 5.07. The zero-order valence-corrected chi connectivity index (χ0v) is 11.8. The lowest BCUT2D eigenvalue weighted by molar-refractivity contribution is -0.155. The molecule has 21 heavy (non-hydrogen) atoms. The Bertz CT molecular complexity index is 480. The fourth-order valence-electron chi connectivity index (χ4n) is 1.93. The highest BCUT2D eigenvalue weighted by Gasteiger charge is 2.44. The van der Waals surface area contributed by atoms with E-state index in [1.807, 2.05) is 6.07 Å². The third-order valence-electron chi connectivity index (χ3n) is 3.41. The van der Waals surface area contributed by atoms with E-state index in [-0.39, 0.29) is 6.42 Å². The van der Waals surface area contributed by atoms with Gasteiger partial charge in [-0.2, -0.15) is 0 Å². The Labute approximate surface area is 122 Å². The Hall–Kier alpha value is -1.67. The number of aliphatic carboxylic acids is 1. The molecule has 6 N–H and O–H groups in total. The van der Waals surface area contributed by atoms with Gasteiger partial charge in [-0.25, -0.2) is 0 Å². The molecule has 0 bridgehead atoms. The molecule has 1 aromatic carbocycles. The predicted octanol–water partition coefficient (Wildman–Crippen LogP) is -0.876. The molecule has 118 valence electrons. The van der Waals surface area contributed by atoms with E-state index in [1.165, 1.54) is 7.11 Å². The minimum atomic E-state index is -2.28. The van der Waals surface area contributed by atoms with Crippen LogP contribution in [0.3, 0.4) is 0 Å². The van der Waals surface area contributed by atoms with Crippen molar-refractivity contribution in [1.29, 1.82) is 0 Å². The third kappa shape index (κ3) is 4.15. The van der Waals surface area contributed by atoms with Gasteiger partial charge in [0.2, 0.25) is 0 Å². The molecule has 0 spiro atoms. The van der Waals surface area contributed by atoms with Crippen LogP contribution in [0.25, 0.3) is 0 Å². The van der Waals surface area contributed by atoms with Gasteiger partial charge >= 0.3 is 5.97 Å². The van der Waals surface area contributed by atoms with E-state index in [2.05, 4.69) is 0 Å². The second-order valence-electron chi connectivity index (χ2n) is 4.91. The van der Waals surface area contributed by atoms with Crippen molar-refractivity contribution in [2.45, 2.75) is 30.6 Å². The van der Waals surface area contributed by atoms with Gasteiger partial charge in [0.05, 0.1) is 19.8 Å². The van der Waals surface area contributed by atoms with Gasteiger partial charge in [0.25, 0.3) is 0 Å². The first-order valence-electron chi connectivity index (χ1n) is 6.47. The van der Waals surface area contributed by atoms with E-state index in [0.717, 1.165) is 5.56 Å². The number of hydrogen-bond donors (Lipinski definition) is 5. The van der Waals surface area contributed by atoms with Crippen LogP contribution in [0.15, 0.2) is 24.3 Å². The van der Waals surface area contributed by atoms with Gasteiger partial charge in [0.1, 0.15) is 11.9 Å². The first-order chi connectivity index (χ1) is 9.85. The highest BCUT2D eigenvalue weighted by Crippen LogP contribution is 2.18. The Balaban J connectivity index is 2.68. The molecule has 0 fully saturated rings. The predicted molar refractivity (Wildman–Crippen MR) is 75.0 cm³/mol. The number of aryl methyl sites for hydroxylation is 1. The van der Waals surface area contributed by atoms with Crippen molar-refractivity contribution in [3.8, 4) is 5.75 Å². The van der Waals surface area contributed by atoms with Crippen molar-refractivity contribution in [3.63, 3.8) is 0 Å². The van der Waals surface area contributed by atoms with E-state index in [4.69, 9.17) is 20.7 Å². The minimum Gasteiger partial charge on any atom is -0.497 e. The maximum atomic E-state index is 11.0. The molecule has 3 atom stereocenters. The average Bonchev–Trinajstić information content (AvgIpc) is 2.50. The van der Waals surface area contributed by atoms with Crippen molar-refractivity contribution in [2.75, 3.05) is 13.7 Å². The normalized spacial score (nSPS) is 16.8. The molecule has 1 rings (SSSR count). The van der Waals surface area contributed by atoms with Gasteiger partial charge < -0.3 is 30.9 Å². The van der Waals surface area contributed by atoms with Gasteiger partial charge in [0.15, 0.2) is 5.54 Å². The molecule has 7 nitrogen and oxygen atoms in total. The number of methoxy groups -OCH3 is 1. The van der Waals surface area contributed by atoms with Crippen molar-refractivity contribution in [2.24, 2.45) is 5.73 Å². The van der Waals surface area contributed by atoms with Crippen LogP contribution in [0, 0.1) is 0 Å². The van der Waals surface area contributed by atoms with Crippen LogP contribution in [-0.4, -0.2) is 57.9 Å². The van der Waals surface area contributed by atoms with Crippen molar-refractivity contribution in [3.05, 3.63) is 29.8 Å². The van der Waals surface area contributed by atoms with Crippen LogP contribution in [0.4, 0.5) is 0 Å². The van der Waals surface area contributed by atoms with Crippen LogP contribution < -0.4 is 10.5 Å². The molecule has 0 amide bonds. The summed E-state index contributed by atoms with van der Waals surface area (Å²) in [4.78, 5) is 11.0. The van der Waals surface area contributed by atoms with Crippen molar-refractivity contribution >= 4 is 5.97 Å². The molecule has 0 aliphatic carbocycles. The van der Waals surface area contributed by atoms with Crippen molar-refractivity contribution < 1.29 is 30.0 Å². The fourth-order valence-corrected chi connectivity index (χ4v) is 1.93. The molecule has 1 aromatic rings. The van der Waals surface area contributed by atoms with Gasteiger partial charge in [0, 0.05) is 0 Å². The molecule has 0 heterocycles. The number of carboxylic acids is 1. The third-order valence-corrected chi connectivity index (χ3v) is 3.41. The molecule has 0 saturated carbocycles. The minimum absolute atomic E-state index is 0.0978. The molecule has 3 unspecified atom stereocenters. The standard InChI is InChI=1S/C14H21NO6/c1-21-10-4-2-3-9(7-10)5-6-11(17)12(18)14(15,8-16)13(19)20/h2-4,7,11-12,16-18H,5-6,8,15H2,1H3,(H,19,20). The number of ether oxygens (including phenoxy) is 1. The van der Waals surface area contributed by atoms with Gasteiger partial charge in [-0.15, -0.1) is 0 Å². The van der Waals surface area contributed by atoms with E-state index < -0.39 is 30.3 Å². The van der Waals surface area contributed by atoms with E-state index in [9.17, 15) is 15.0 Å². The molecule has 0 aromatic heterocycles. The second kappa shape index (κ2) is 7.37. The summed E-state index contributed by atoms with van der Waals surface area (Å²) in [5.74, 6) is -0.908. The number of benzene rings is 1. The summed E-state index contributed by atoms with van der Waals surface area (Å²) in [6.45, 7) is -0.973. The lowest BCUT2D eigenvalue weighted by Crippen LogP contribution is -2.63. The van der Waals surface area contributed by atoms with E-state index in [0.29, 0.717) is 12.2 Å². The quantitative estimate of drug-likeness (QED) is 0.421. The Morgan fingerprint density at radius 3 is 2.62 bits per heavy atom. The Kier molecular flexibility index (Phi) is 6.10. The first-order valence-corrected chi connectivity index (χ1v) is 6.47. The number of aliphatic hydroxyl groups is 3. The van der Waals surface area contributed by atoms with Crippen LogP contribution in [0.1, 0.15) is 12.0 Å². The van der Waals surface area contributed by atoms with Crippen LogP contribution in [0.5, 0.6) is 5.75 Å². The van der Waals surface area contributed by atoms with Gasteiger partial charge in [-0.1, -0.05) is 12.1 Å². The smallest absolute Gasteiger partial charge is 0.328 e. The fraction of sp³-hybridized carbons (Fsp3) is 0.500. The number of carbonyl (C=O) groups is 1. The zero-order chi connectivity index (χ0) is 16.0. The van der Waals surface area contributed by atoms with Crippen LogP contribution in [0.2, 0.25) is 0 Å². The number of aliphatic hydroxyl groups excluding tert-OH is 3. The Morgan fingerprint density at radius 1 is 1.43 bits per heavy atom. The molecule has 0 aliphatic rings. The highest BCUT2D eigenvalue weighted by molar-refractivity contribution is 5.79.